The number of fused-ring (bicyclic) bond motifs is 2. The fourth-order valence-corrected chi connectivity index (χ4v) is 5.08. The molecule has 0 aromatic carbocycles. The monoisotopic (exact) mass is 481 g/mol. The van der Waals surface area contributed by atoms with Crippen molar-refractivity contribution in [1.29, 1.82) is 0 Å². The van der Waals surface area contributed by atoms with Crippen LogP contribution in [0.5, 0.6) is 0 Å². The van der Waals surface area contributed by atoms with E-state index in [9.17, 15) is 0 Å². The smallest absolute Gasteiger partial charge is 0.235 e. The topological polar surface area (TPSA) is 125 Å². The summed E-state index contributed by atoms with van der Waals surface area (Å²) in [6.07, 6.45) is 6.91. The van der Waals surface area contributed by atoms with Gasteiger partial charge in [-0.1, -0.05) is 28.7 Å². The summed E-state index contributed by atoms with van der Waals surface area (Å²) in [5, 5.41) is 27.9. The third kappa shape index (κ3) is 3.06. The molecule has 7 aromatic rings. The molecular formula is C21H11N11S2. The number of nitrogens with zero attached hydrogens (tertiary/aromatic N) is 11. The summed E-state index contributed by atoms with van der Waals surface area (Å²) in [4.78, 5) is 14.5. The lowest BCUT2D eigenvalue weighted by molar-refractivity contribution is 0.960. The van der Waals surface area contributed by atoms with Crippen LogP contribution < -0.4 is 0 Å². The van der Waals surface area contributed by atoms with Gasteiger partial charge in [-0.25, -0.2) is 4.98 Å². The Balaban J connectivity index is 1.28. The molecule has 0 aliphatic carbocycles. The van der Waals surface area contributed by atoms with Crippen molar-refractivity contribution in [1.82, 2.24) is 54.6 Å². The van der Waals surface area contributed by atoms with Crippen LogP contribution in [0.25, 0.3) is 54.1 Å². The molecule has 0 bridgehead atoms. The van der Waals surface area contributed by atoms with E-state index in [0.717, 1.165) is 32.5 Å². The van der Waals surface area contributed by atoms with Crippen LogP contribution in [0, 0.1) is 0 Å². The van der Waals surface area contributed by atoms with Crippen LogP contribution in [0.15, 0.2) is 67.3 Å². The predicted molar refractivity (Wildman–Crippen MR) is 126 cm³/mol. The third-order valence-corrected chi connectivity index (χ3v) is 6.85. The first-order valence-corrected chi connectivity index (χ1v) is 11.7. The summed E-state index contributed by atoms with van der Waals surface area (Å²) in [6.45, 7) is 0. The summed E-state index contributed by atoms with van der Waals surface area (Å²) in [5.41, 5.74) is 3.14. The molecule has 13 heteroatoms. The van der Waals surface area contributed by atoms with E-state index in [-0.39, 0.29) is 0 Å². The minimum Gasteiger partial charge on any atom is -0.264 e. The standard InChI is InChI=1S/C21H11N11S2/c1-6-14(18-29-31-16(25-27-20(31)33-18)12-4-2-8-22-10-12)24-15(7-1)19-30-32-17(26-28-21(32)34-19)13-5-3-9-23-11-13/h1-11H. The second kappa shape index (κ2) is 7.54. The highest BCUT2D eigenvalue weighted by atomic mass is 32.1. The van der Waals surface area contributed by atoms with Gasteiger partial charge in [0, 0.05) is 35.9 Å². The third-order valence-electron chi connectivity index (χ3n) is 5.01. The number of rotatable bonds is 4. The van der Waals surface area contributed by atoms with Gasteiger partial charge in [-0.15, -0.1) is 20.4 Å². The molecule has 0 aliphatic rings. The zero-order chi connectivity index (χ0) is 22.5. The SMILES string of the molecule is c1cncc(-c2nnc3sc(-c4cccc(-c5nn6c(-c7cccnc7)nnc6s5)n4)nn23)c1. The van der Waals surface area contributed by atoms with E-state index in [2.05, 4.69) is 30.4 Å². The number of pyridine rings is 3. The molecule has 7 heterocycles. The van der Waals surface area contributed by atoms with Crippen LogP contribution in [-0.4, -0.2) is 54.6 Å². The average Bonchev–Trinajstić information content (AvgIpc) is 3.65. The molecule has 0 unspecified atom stereocenters. The average molecular weight is 482 g/mol. The second-order valence-corrected chi connectivity index (χ2v) is 9.05. The van der Waals surface area contributed by atoms with Gasteiger partial charge in [0.05, 0.1) is 0 Å². The minimum atomic E-state index is 0.637. The Morgan fingerprint density at radius 2 is 1.12 bits per heavy atom. The van der Waals surface area contributed by atoms with Crippen molar-refractivity contribution in [2.45, 2.75) is 0 Å². The van der Waals surface area contributed by atoms with Gasteiger partial charge in [0.25, 0.3) is 0 Å². The minimum absolute atomic E-state index is 0.637. The van der Waals surface area contributed by atoms with Crippen molar-refractivity contribution in [2.75, 3.05) is 0 Å². The number of aromatic nitrogens is 11. The van der Waals surface area contributed by atoms with Crippen LogP contribution in [0.1, 0.15) is 0 Å². The van der Waals surface area contributed by atoms with Gasteiger partial charge in [0.2, 0.25) is 9.92 Å². The maximum absolute atomic E-state index is 4.82. The molecule has 7 rings (SSSR count). The van der Waals surface area contributed by atoms with E-state index < -0.39 is 0 Å². The van der Waals surface area contributed by atoms with Crippen molar-refractivity contribution in [3.63, 3.8) is 0 Å². The first-order chi connectivity index (χ1) is 16.8. The lowest BCUT2D eigenvalue weighted by Crippen LogP contribution is -1.94. The van der Waals surface area contributed by atoms with Gasteiger partial charge in [0.15, 0.2) is 21.7 Å². The van der Waals surface area contributed by atoms with E-state index in [0.29, 0.717) is 21.6 Å². The maximum atomic E-state index is 4.82. The molecule has 0 fully saturated rings. The van der Waals surface area contributed by atoms with E-state index in [1.54, 1.807) is 33.8 Å². The maximum Gasteiger partial charge on any atom is 0.235 e. The first-order valence-electron chi connectivity index (χ1n) is 10.1. The molecule has 0 spiro atoms. The molecule has 162 valence electrons. The largest absolute Gasteiger partial charge is 0.264 e. The Morgan fingerprint density at radius 1 is 0.588 bits per heavy atom. The Bertz CT molecular complexity index is 1640. The van der Waals surface area contributed by atoms with E-state index in [1.165, 1.54) is 22.7 Å². The van der Waals surface area contributed by atoms with Crippen LogP contribution in [-0.2, 0) is 0 Å². The molecule has 11 nitrogen and oxygen atoms in total. The van der Waals surface area contributed by atoms with Gasteiger partial charge in [-0.05, 0) is 36.4 Å². The van der Waals surface area contributed by atoms with Crippen molar-refractivity contribution in [3.05, 3.63) is 67.3 Å². The molecule has 34 heavy (non-hydrogen) atoms. The van der Waals surface area contributed by atoms with Crippen molar-refractivity contribution < 1.29 is 0 Å². The molecule has 7 aromatic heterocycles. The Kier molecular flexibility index (Phi) is 4.22. The van der Waals surface area contributed by atoms with Gasteiger partial charge in [0.1, 0.15) is 11.4 Å². The summed E-state index contributed by atoms with van der Waals surface area (Å²) in [7, 11) is 0. The normalized spacial score (nSPS) is 11.5. The summed E-state index contributed by atoms with van der Waals surface area (Å²) in [6, 6.07) is 13.3. The number of hydrogen-bond donors (Lipinski definition) is 0. The zero-order valence-electron chi connectivity index (χ0n) is 17.1. The lowest BCUT2D eigenvalue weighted by atomic mass is 10.3. The zero-order valence-corrected chi connectivity index (χ0v) is 18.7. The van der Waals surface area contributed by atoms with E-state index in [4.69, 9.17) is 15.2 Å². The van der Waals surface area contributed by atoms with Crippen molar-refractivity contribution >= 4 is 32.6 Å². The number of hydrogen-bond acceptors (Lipinski definition) is 11. The molecule has 0 amide bonds. The Labute approximate surface area is 198 Å². The molecule has 0 N–H and O–H groups in total. The highest BCUT2D eigenvalue weighted by Crippen LogP contribution is 2.30. The molecule has 0 atom stereocenters. The molecular weight excluding hydrogens is 470 g/mol. The van der Waals surface area contributed by atoms with Crippen molar-refractivity contribution in [3.8, 4) is 44.2 Å². The molecule has 0 radical (unpaired) electrons. The van der Waals surface area contributed by atoms with Gasteiger partial charge < -0.3 is 0 Å². The first kappa shape index (κ1) is 19.0. The molecule has 0 aliphatic heterocycles. The molecule has 0 saturated heterocycles. The lowest BCUT2D eigenvalue weighted by Gasteiger charge is -1.99. The van der Waals surface area contributed by atoms with Gasteiger partial charge in [-0.3, -0.25) is 9.97 Å². The Morgan fingerprint density at radius 3 is 1.59 bits per heavy atom. The van der Waals surface area contributed by atoms with E-state index in [1.807, 2.05) is 42.5 Å². The summed E-state index contributed by atoms with van der Waals surface area (Å²) in [5.74, 6) is 1.27. The summed E-state index contributed by atoms with van der Waals surface area (Å²) >= 11 is 2.84. The fraction of sp³-hybridized carbons (Fsp3) is 0. The van der Waals surface area contributed by atoms with Gasteiger partial charge >= 0.3 is 0 Å². The van der Waals surface area contributed by atoms with Crippen LogP contribution in [0.3, 0.4) is 0 Å². The Hall–Kier alpha value is -4.49. The van der Waals surface area contributed by atoms with Crippen molar-refractivity contribution in [2.24, 2.45) is 0 Å². The highest BCUT2D eigenvalue weighted by Gasteiger charge is 2.18. The highest BCUT2D eigenvalue weighted by molar-refractivity contribution is 7.20. The molecule has 0 saturated carbocycles. The summed E-state index contributed by atoms with van der Waals surface area (Å²) < 4.78 is 3.43. The van der Waals surface area contributed by atoms with E-state index >= 15 is 0 Å². The van der Waals surface area contributed by atoms with Crippen LogP contribution >= 0.6 is 22.7 Å². The fourth-order valence-electron chi connectivity index (χ4n) is 3.46. The van der Waals surface area contributed by atoms with Gasteiger partial charge in [-0.2, -0.15) is 19.2 Å². The second-order valence-electron chi connectivity index (χ2n) is 7.14. The van der Waals surface area contributed by atoms with Crippen LogP contribution in [0.2, 0.25) is 0 Å². The predicted octanol–water partition coefficient (Wildman–Crippen LogP) is 3.54. The van der Waals surface area contributed by atoms with Crippen LogP contribution in [0.4, 0.5) is 0 Å². The quantitative estimate of drug-likeness (QED) is 0.371.